The first-order valence-corrected chi connectivity index (χ1v) is 12.2. The lowest BCUT2D eigenvalue weighted by atomic mass is 9.97. The highest BCUT2D eigenvalue weighted by Crippen LogP contribution is 2.34. The van der Waals surface area contributed by atoms with Gasteiger partial charge in [0.05, 0.1) is 10.6 Å². The highest BCUT2D eigenvalue weighted by Gasteiger charge is 2.33. The molecule has 1 saturated heterocycles. The number of nitrogens with one attached hydrogen (secondary N) is 2. The van der Waals surface area contributed by atoms with Gasteiger partial charge >= 0.3 is 0 Å². The number of carbonyl (C=O) groups excluding carboxylic acids is 2. The third-order valence-electron chi connectivity index (χ3n) is 5.92. The molecule has 0 radical (unpaired) electrons. The lowest BCUT2D eigenvalue weighted by Gasteiger charge is -2.31. The number of fused-ring (bicyclic) bond motifs is 1. The van der Waals surface area contributed by atoms with Gasteiger partial charge in [-0.1, -0.05) is 24.6 Å². The van der Waals surface area contributed by atoms with Gasteiger partial charge in [-0.15, -0.1) is 0 Å². The largest absolute Gasteiger partial charge is 0.478 e. The maximum atomic E-state index is 13.1. The van der Waals surface area contributed by atoms with Crippen LogP contribution >= 0.6 is 0 Å². The number of piperidine rings is 1. The van der Waals surface area contributed by atoms with Crippen LogP contribution in [0.15, 0.2) is 47.4 Å². The third-order valence-corrected chi connectivity index (χ3v) is 7.82. The second kappa shape index (κ2) is 8.91. The van der Waals surface area contributed by atoms with Crippen LogP contribution < -0.4 is 15.4 Å². The van der Waals surface area contributed by atoms with Gasteiger partial charge in [-0.3, -0.25) is 9.59 Å². The zero-order valence-corrected chi connectivity index (χ0v) is 18.9. The Morgan fingerprint density at radius 3 is 2.50 bits per heavy atom. The predicted molar refractivity (Wildman–Crippen MR) is 121 cm³/mol. The van der Waals surface area contributed by atoms with Crippen molar-refractivity contribution in [1.82, 2.24) is 4.31 Å². The van der Waals surface area contributed by atoms with Crippen LogP contribution in [-0.2, 0) is 19.6 Å². The Morgan fingerprint density at radius 2 is 1.84 bits per heavy atom. The van der Waals surface area contributed by atoms with Crippen molar-refractivity contribution >= 4 is 33.2 Å². The Morgan fingerprint density at radius 1 is 1.16 bits per heavy atom. The van der Waals surface area contributed by atoms with Crippen LogP contribution in [0.3, 0.4) is 0 Å². The van der Waals surface area contributed by atoms with Crippen molar-refractivity contribution in [3.63, 3.8) is 0 Å². The second-order valence-electron chi connectivity index (χ2n) is 8.20. The fourth-order valence-electron chi connectivity index (χ4n) is 3.95. The highest BCUT2D eigenvalue weighted by molar-refractivity contribution is 7.89. The van der Waals surface area contributed by atoms with E-state index in [0.717, 1.165) is 11.3 Å². The molecule has 2 N–H and O–H groups in total. The molecule has 2 aromatic carbocycles. The van der Waals surface area contributed by atoms with Crippen molar-refractivity contribution in [2.45, 2.75) is 44.1 Å². The van der Waals surface area contributed by atoms with Crippen molar-refractivity contribution in [1.29, 1.82) is 0 Å². The van der Waals surface area contributed by atoms with E-state index in [-0.39, 0.29) is 35.7 Å². The van der Waals surface area contributed by atoms with E-state index < -0.39 is 16.1 Å². The van der Waals surface area contributed by atoms with Crippen LogP contribution in [0.25, 0.3) is 0 Å². The molecule has 0 unspecified atom stereocenters. The first-order chi connectivity index (χ1) is 15.3. The zero-order chi connectivity index (χ0) is 22.9. The number of hydrogen-bond acceptors (Lipinski definition) is 5. The lowest BCUT2D eigenvalue weighted by Crippen LogP contribution is -2.41. The summed E-state index contributed by atoms with van der Waals surface area (Å²) in [5, 5.41) is 5.63. The topological polar surface area (TPSA) is 105 Å². The summed E-state index contributed by atoms with van der Waals surface area (Å²) in [6.45, 7) is 4.34. The molecule has 2 heterocycles. The molecule has 2 aliphatic rings. The second-order valence-corrected chi connectivity index (χ2v) is 10.1. The van der Waals surface area contributed by atoms with E-state index >= 15 is 0 Å². The maximum Gasteiger partial charge on any atom is 0.265 e. The highest BCUT2D eigenvalue weighted by atomic mass is 32.2. The van der Waals surface area contributed by atoms with Crippen LogP contribution in [0, 0.1) is 12.8 Å². The minimum Gasteiger partial charge on any atom is -0.478 e. The monoisotopic (exact) mass is 457 g/mol. The maximum absolute atomic E-state index is 13.1. The van der Waals surface area contributed by atoms with E-state index in [0.29, 0.717) is 30.7 Å². The number of nitrogens with zero attached hydrogens (tertiary/aromatic N) is 1. The number of amides is 2. The SMILES string of the molecule is CC[C@@H]1Oc2ccc(S(=O)(=O)N3CCC(C(=O)Nc4ccc(C)cc4)CC3)cc2NC1=O. The number of anilines is 2. The van der Waals surface area contributed by atoms with Crippen LogP contribution in [0.4, 0.5) is 11.4 Å². The average molecular weight is 458 g/mol. The molecule has 8 nitrogen and oxygen atoms in total. The summed E-state index contributed by atoms with van der Waals surface area (Å²) in [5.41, 5.74) is 2.20. The van der Waals surface area contributed by atoms with Crippen molar-refractivity contribution in [2.24, 2.45) is 5.92 Å². The lowest BCUT2D eigenvalue weighted by molar-refractivity contribution is -0.123. The van der Waals surface area contributed by atoms with Crippen molar-refractivity contribution in [3.8, 4) is 5.75 Å². The summed E-state index contributed by atoms with van der Waals surface area (Å²) in [6.07, 6.45) is 0.840. The molecule has 0 bridgehead atoms. The Bertz CT molecular complexity index is 1120. The standard InChI is InChI=1S/C23H27N3O5S/c1-3-20-23(28)25-19-14-18(8-9-21(19)31-20)32(29,30)26-12-10-16(11-13-26)22(27)24-17-6-4-15(2)5-7-17/h4-9,14,16,20H,3,10-13H2,1-2H3,(H,24,27)(H,25,28)/t20-/m0/s1. The van der Waals surface area contributed by atoms with Gasteiger partial charge < -0.3 is 15.4 Å². The van der Waals surface area contributed by atoms with E-state index in [2.05, 4.69) is 10.6 Å². The molecule has 9 heteroatoms. The van der Waals surface area contributed by atoms with E-state index in [9.17, 15) is 18.0 Å². The van der Waals surface area contributed by atoms with E-state index in [1.54, 1.807) is 6.07 Å². The van der Waals surface area contributed by atoms with Crippen molar-refractivity contribution in [2.75, 3.05) is 23.7 Å². The van der Waals surface area contributed by atoms with Gasteiger partial charge in [0.25, 0.3) is 5.91 Å². The molecular formula is C23H27N3O5S. The number of hydrogen-bond donors (Lipinski definition) is 2. The van der Waals surface area contributed by atoms with E-state index in [1.807, 2.05) is 38.1 Å². The fraction of sp³-hybridized carbons (Fsp3) is 0.391. The normalized spacial score (nSPS) is 19.6. The van der Waals surface area contributed by atoms with E-state index in [1.165, 1.54) is 16.4 Å². The molecule has 0 aromatic heterocycles. The third kappa shape index (κ3) is 4.49. The number of sulfonamides is 1. The Hall–Kier alpha value is -2.91. The molecule has 1 fully saturated rings. The summed E-state index contributed by atoms with van der Waals surface area (Å²) in [4.78, 5) is 24.7. The molecule has 4 rings (SSSR count). The van der Waals surface area contributed by atoms with Crippen molar-refractivity contribution in [3.05, 3.63) is 48.0 Å². The minimum absolute atomic E-state index is 0.0926. The molecule has 2 amide bonds. The molecule has 170 valence electrons. The van der Waals surface area contributed by atoms with Crippen LogP contribution in [-0.4, -0.2) is 43.7 Å². The Balaban J connectivity index is 1.41. The van der Waals surface area contributed by atoms with Gasteiger partial charge in [-0.05, 0) is 56.5 Å². The van der Waals surface area contributed by atoms with Gasteiger partial charge in [-0.2, -0.15) is 4.31 Å². The summed E-state index contributed by atoms with van der Waals surface area (Å²) < 4.78 is 33.3. The van der Waals surface area contributed by atoms with Crippen LogP contribution in [0.5, 0.6) is 5.75 Å². The van der Waals surface area contributed by atoms with Gasteiger partial charge in [0, 0.05) is 24.7 Å². The number of carbonyl (C=O) groups is 2. The molecule has 2 aromatic rings. The quantitative estimate of drug-likeness (QED) is 0.718. The number of aryl methyl sites for hydroxylation is 1. The molecule has 32 heavy (non-hydrogen) atoms. The fourth-order valence-corrected chi connectivity index (χ4v) is 5.44. The Labute approximate surface area is 188 Å². The van der Waals surface area contributed by atoms with Gasteiger partial charge in [0.1, 0.15) is 5.75 Å². The van der Waals surface area contributed by atoms with Gasteiger partial charge in [0.15, 0.2) is 6.10 Å². The molecule has 0 saturated carbocycles. The van der Waals surface area contributed by atoms with Gasteiger partial charge in [-0.25, -0.2) is 8.42 Å². The summed E-state index contributed by atoms with van der Waals surface area (Å²) in [7, 11) is -3.75. The summed E-state index contributed by atoms with van der Waals surface area (Å²) in [6, 6.07) is 12.1. The molecule has 0 spiro atoms. The van der Waals surface area contributed by atoms with Crippen molar-refractivity contribution < 1.29 is 22.7 Å². The smallest absolute Gasteiger partial charge is 0.265 e. The number of ether oxygens (including phenoxy) is 1. The summed E-state index contributed by atoms with van der Waals surface area (Å²) in [5.74, 6) is -0.160. The van der Waals surface area contributed by atoms with Crippen LogP contribution in [0.2, 0.25) is 0 Å². The zero-order valence-electron chi connectivity index (χ0n) is 18.1. The summed E-state index contributed by atoms with van der Waals surface area (Å²) >= 11 is 0. The molecule has 1 atom stereocenters. The van der Waals surface area contributed by atoms with Gasteiger partial charge in [0.2, 0.25) is 15.9 Å². The first-order valence-electron chi connectivity index (χ1n) is 10.8. The van der Waals surface area contributed by atoms with E-state index in [4.69, 9.17) is 4.74 Å². The van der Waals surface area contributed by atoms with Crippen LogP contribution in [0.1, 0.15) is 31.7 Å². The predicted octanol–water partition coefficient (Wildman–Crippen LogP) is 3.14. The average Bonchev–Trinajstić information content (AvgIpc) is 2.79. The Kier molecular flexibility index (Phi) is 6.21. The first kappa shape index (κ1) is 22.3. The molecular weight excluding hydrogens is 430 g/mol. The number of benzene rings is 2. The molecule has 2 aliphatic heterocycles. The minimum atomic E-state index is -3.75. The molecule has 0 aliphatic carbocycles. The number of rotatable bonds is 5.